The van der Waals surface area contributed by atoms with Crippen LogP contribution >= 0.6 is 11.3 Å². The molecule has 29 heavy (non-hydrogen) atoms. The van der Waals surface area contributed by atoms with Gasteiger partial charge < -0.3 is 14.5 Å². The first kappa shape index (κ1) is 18.5. The van der Waals surface area contributed by atoms with Gasteiger partial charge in [0.1, 0.15) is 16.2 Å². The van der Waals surface area contributed by atoms with E-state index < -0.39 is 10.8 Å². The van der Waals surface area contributed by atoms with Crippen LogP contribution in [0.5, 0.6) is 0 Å². The number of hydrogen-bond donors (Lipinski definition) is 1. The van der Waals surface area contributed by atoms with E-state index in [1.165, 1.54) is 58.6 Å². The second-order valence-electron chi connectivity index (χ2n) is 6.24. The average Bonchev–Trinajstić information content (AvgIpc) is 3.39. The van der Waals surface area contributed by atoms with Crippen LogP contribution in [0.1, 0.15) is 16.2 Å². The Bertz CT molecular complexity index is 1280. The Kier molecular flexibility index (Phi) is 4.64. The molecule has 0 saturated carbocycles. The molecule has 0 unspecified atom stereocenters. The van der Waals surface area contributed by atoms with Gasteiger partial charge in [0.2, 0.25) is 0 Å². The van der Waals surface area contributed by atoms with Crippen molar-refractivity contribution >= 4 is 33.1 Å². The van der Waals surface area contributed by atoms with E-state index in [-0.39, 0.29) is 23.4 Å². The van der Waals surface area contributed by atoms with Gasteiger partial charge >= 0.3 is 0 Å². The van der Waals surface area contributed by atoms with E-state index >= 15 is 0 Å². The summed E-state index contributed by atoms with van der Waals surface area (Å²) < 4.78 is 2.02. The molecule has 3 aromatic heterocycles. The number of H-pyrrole nitrogens is 1. The lowest BCUT2D eigenvalue weighted by molar-refractivity contribution is -0.384. The predicted octanol–water partition coefficient (Wildman–Crippen LogP) is 2.35. The number of imidazole rings is 1. The van der Waals surface area contributed by atoms with Gasteiger partial charge in [-0.1, -0.05) is 0 Å². The third-order valence-corrected chi connectivity index (χ3v) is 5.20. The summed E-state index contributed by atoms with van der Waals surface area (Å²) >= 11 is 1.29. The van der Waals surface area contributed by atoms with Crippen LogP contribution in [0.25, 0.3) is 15.9 Å². The summed E-state index contributed by atoms with van der Waals surface area (Å²) in [6, 6.07) is 5.98. The average molecular weight is 410 g/mol. The number of nitro groups is 1. The first-order valence-corrected chi connectivity index (χ1v) is 9.30. The molecule has 10 nitrogen and oxygen atoms in total. The Labute approximate surface area is 167 Å². The number of rotatable bonds is 5. The first-order valence-electron chi connectivity index (χ1n) is 8.42. The molecular formula is C18H14N6O4S. The van der Waals surface area contributed by atoms with Gasteiger partial charge in [-0.2, -0.15) is 0 Å². The van der Waals surface area contributed by atoms with Gasteiger partial charge in [0.05, 0.1) is 23.3 Å². The molecule has 0 atom stereocenters. The largest absolute Gasteiger partial charge is 0.334 e. The molecule has 0 radical (unpaired) electrons. The lowest BCUT2D eigenvalue weighted by Crippen LogP contribution is -2.28. The van der Waals surface area contributed by atoms with Crippen LogP contribution in [0.4, 0.5) is 5.69 Å². The Morgan fingerprint density at radius 1 is 1.38 bits per heavy atom. The van der Waals surface area contributed by atoms with Crippen LogP contribution in [0, 0.1) is 10.1 Å². The van der Waals surface area contributed by atoms with E-state index in [2.05, 4.69) is 15.0 Å². The number of fused-ring (bicyclic) bond motifs is 1. The Hall–Kier alpha value is -3.86. The van der Waals surface area contributed by atoms with Crippen molar-refractivity contribution in [2.45, 2.75) is 6.54 Å². The monoisotopic (exact) mass is 410 g/mol. The van der Waals surface area contributed by atoms with Crippen LogP contribution in [-0.4, -0.2) is 42.3 Å². The molecule has 0 aliphatic carbocycles. The van der Waals surface area contributed by atoms with Crippen LogP contribution in [0.15, 0.2) is 53.2 Å². The zero-order valence-electron chi connectivity index (χ0n) is 15.1. The minimum atomic E-state index is -0.546. The van der Waals surface area contributed by atoms with E-state index in [0.29, 0.717) is 21.7 Å². The maximum absolute atomic E-state index is 12.8. The highest BCUT2D eigenvalue weighted by atomic mass is 32.1. The number of nitro benzene ring substituents is 1. The van der Waals surface area contributed by atoms with Crippen molar-refractivity contribution in [2.75, 3.05) is 7.05 Å². The molecule has 4 aromatic rings. The summed E-state index contributed by atoms with van der Waals surface area (Å²) in [5.74, 6) is -0.0976. The summed E-state index contributed by atoms with van der Waals surface area (Å²) in [5.41, 5.74) is 0.548. The summed E-state index contributed by atoms with van der Waals surface area (Å²) in [6.07, 6.45) is 4.53. The molecule has 146 valence electrons. The Morgan fingerprint density at radius 2 is 2.21 bits per heavy atom. The van der Waals surface area contributed by atoms with Gasteiger partial charge in [-0.15, -0.1) is 11.3 Å². The molecular weight excluding hydrogens is 396 g/mol. The maximum Gasteiger partial charge on any atom is 0.294 e. The molecule has 0 aliphatic rings. The Balaban J connectivity index is 1.62. The number of nitrogens with one attached hydrogen (secondary N) is 1. The minimum absolute atomic E-state index is 0.0525. The smallest absolute Gasteiger partial charge is 0.294 e. The summed E-state index contributed by atoms with van der Waals surface area (Å²) in [5, 5.41) is 13.3. The van der Waals surface area contributed by atoms with Crippen molar-refractivity contribution in [1.82, 2.24) is 24.4 Å². The molecule has 0 fully saturated rings. The highest BCUT2D eigenvalue weighted by molar-refractivity contribution is 7.17. The van der Waals surface area contributed by atoms with Crippen LogP contribution in [0.3, 0.4) is 0 Å². The standard InChI is InChI=1S/C18H14N6O4S/c1-22(9-15-20-12-4-7-29-16(12)17(25)21-15)18(26)11-2-3-13(14(8-11)24(27)28)23-6-5-19-10-23/h2-8,10H,9H2,1H3,(H,20,21,25). The number of benzene rings is 1. The quantitative estimate of drug-likeness (QED) is 0.397. The van der Waals surface area contributed by atoms with Crippen LogP contribution in [0.2, 0.25) is 0 Å². The number of aromatic nitrogens is 4. The number of carbonyl (C=O) groups is 1. The number of carbonyl (C=O) groups excluding carboxylic acids is 1. The fraction of sp³-hybridized carbons (Fsp3) is 0.111. The molecule has 3 heterocycles. The number of hydrogen-bond acceptors (Lipinski definition) is 7. The van der Waals surface area contributed by atoms with Crippen LogP contribution < -0.4 is 5.56 Å². The highest BCUT2D eigenvalue weighted by Crippen LogP contribution is 2.25. The van der Waals surface area contributed by atoms with Gasteiger partial charge in [0, 0.05) is 31.1 Å². The summed E-state index contributed by atoms with van der Waals surface area (Å²) in [4.78, 5) is 48.0. The van der Waals surface area contributed by atoms with Crippen molar-refractivity contribution < 1.29 is 9.72 Å². The Morgan fingerprint density at radius 3 is 2.93 bits per heavy atom. The highest BCUT2D eigenvalue weighted by Gasteiger charge is 2.21. The number of nitrogens with zero attached hydrogens (tertiary/aromatic N) is 5. The molecule has 0 bridgehead atoms. The van der Waals surface area contributed by atoms with Crippen molar-refractivity contribution in [3.63, 3.8) is 0 Å². The molecule has 11 heteroatoms. The normalized spacial score (nSPS) is 10.9. The van der Waals surface area contributed by atoms with Crippen molar-refractivity contribution in [3.05, 3.63) is 80.2 Å². The van der Waals surface area contributed by atoms with Gasteiger partial charge in [0.25, 0.3) is 17.2 Å². The zero-order valence-corrected chi connectivity index (χ0v) is 15.9. The zero-order chi connectivity index (χ0) is 20.5. The van der Waals surface area contributed by atoms with E-state index in [0.717, 1.165) is 0 Å². The van der Waals surface area contributed by atoms with Gasteiger partial charge in [-0.05, 0) is 23.6 Å². The fourth-order valence-electron chi connectivity index (χ4n) is 2.94. The molecule has 1 amide bonds. The molecule has 1 N–H and O–H groups in total. The van der Waals surface area contributed by atoms with E-state index in [4.69, 9.17) is 0 Å². The predicted molar refractivity (Wildman–Crippen MR) is 106 cm³/mol. The molecule has 0 spiro atoms. The van der Waals surface area contributed by atoms with Gasteiger partial charge in [-0.3, -0.25) is 19.7 Å². The van der Waals surface area contributed by atoms with E-state index in [9.17, 15) is 19.7 Å². The molecule has 0 saturated heterocycles. The lowest BCUT2D eigenvalue weighted by atomic mass is 10.1. The molecule has 0 aliphatic heterocycles. The maximum atomic E-state index is 12.8. The van der Waals surface area contributed by atoms with Gasteiger partial charge in [0.15, 0.2) is 0 Å². The van der Waals surface area contributed by atoms with Crippen molar-refractivity contribution in [3.8, 4) is 5.69 Å². The second-order valence-corrected chi connectivity index (χ2v) is 7.16. The number of amides is 1. The number of aromatic amines is 1. The topological polar surface area (TPSA) is 127 Å². The minimum Gasteiger partial charge on any atom is -0.334 e. The summed E-state index contributed by atoms with van der Waals surface area (Å²) in [7, 11) is 1.54. The third-order valence-electron chi connectivity index (χ3n) is 4.30. The van der Waals surface area contributed by atoms with E-state index in [1.54, 1.807) is 17.6 Å². The fourth-order valence-corrected chi connectivity index (χ4v) is 3.66. The number of thiophene rings is 1. The van der Waals surface area contributed by atoms with E-state index in [1.807, 2.05) is 0 Å². The SMILES string of the molecule is CN(Cc1nc2ccsc2c(=O)[nH]1)C(=O)c1ccc(-n2ccnc2)c([N+](=O)[O-])c1. The van der Waals surface area contributed by atoms with Crippen molar-refractivity contribution in [1.29, 1.82) is 0 Å². The molecule has 4 rings (SSSR count). The first-order chi connectivity index (χ1) is 13.9. The second kappa shape index (κ2) is 7.28. The lowest BCUT2D eigenvalue weighted by Gasteiger charge is -2.17. The third kappa shape index (κ3) is 3.50. The van der Waals surface area contributed by atoms with Crippen molar-refractivity contribution in [2.24, 2.45) is 0 Å². The molecule has 1 aromatic carbocycles. The van der Waals surface area contributed by atoms with Crippen LogP contribution in [-0.2, 0) is 6.54 Å². The van der Waals surface area contributed by atoms with Gasteiger partial charge in [-0.25, -0.2) is 9.97 Å². The summed E-state index contributed by atoms with van der Waals surface area (Å²) in [6.45, 7) is 0.0525.